The number of piperidine rings is 1. The summed E-state index contributed by atoms with van der Waals surface area (Å²) in [6, 6.07) is 5.97. The topological polar surface area (TPSA) is 84.8 Å². The first kappa shape index (κ1) is 20.8. The normalized spacial score (nSPS) is 18.3. The summed E-state index contributed by atoms with van der Waals surface area (Å²) < 4.78 is 25.0. The van der Waals surface area contributed by atoms with Gasteiger partial charge in [-0.2, -0.15) is 4.98 Å². The van der Waals surface area contributed by atoms with Gasteiger partial charge in [0.15, 0.2) is 0 Å². The third kappa shape index (κ3) is 4.34. The highest BCUT2D eigenvalue weighted by Gasteiger charge is 2.54. The number of carboxylic acids is 1. The Hall–Kier alpha value is -2.45. The Morgan fingerprint density at radius 1 is 1.30 bits per heavy atom. The maximum Gasteiger partial charge on any atom is 0.348 e. The van der Waals surface area contributed by atoms with Crippen LogP contribution in [0.3, 0.4) is 0 Å². The average molecular weight is 436 g/mol. The zero-order valence-corrected chi connectivity index (χ0v) is 17.4. The van der Waals surface area contributed by atoms with E-state index in [0.29, 0.717) is 42.6 Å². The molecule has 30 heavy (non-hydrogen) atoms. The number of hydrogen-bond acceptors (Lipinski definition) is 6. The second-order valence-corrected chi connectivity index (χ2v) is 8.21. The summed E-state index contributed by atoms with van der Waals surface area (Å²) in [7, 11) is 1.70. The van der Waals surface area contributed by atoms with Crippen LogP contribution in [0.2, 0.25) is 5.02 Å². The van der Waals surface area contributed by atoms with E-state index < -0.39 is 17.4 Å². The number of halogens is 2. The number of anilines is 1. The lowest BCUT2D eigenvalue weighted by molar-refractivity contribution is -0.147. The molecule has 2 heterocycles. The molecule has 7 nitrogen and oxygen atoms in total. The van der Waals surface area contributed by atoms with Crippen LogP contribution in [-0.2, 0) is 9.53 Å². The maximum atomic E-state index is 14.0. The van der Waals surface area contributed by atoms with Gasteiger partial charge in [-0.05, 0) is 30.9 Å². The number of ether oxygens (including phenoxy) is 2. The molecule has 1 N–H and O–H groups in total. The minimum atomic E-state index is -1.24. The molecule has 1 saturated heterocycles. The number of carbonyl (C=O) groups is 1. The lowest BCUT2D eigenvalue weighted by atomic mass is 9.98. The van der Waals surface area contributed by atoms with E-state index in [-0.39, 0.29) is 10.9 Å². The minimum absolute atomic E-state index is 0.0209. The molecule has 2 aromatic rings. The molecular weight excluding hydrogens is 413 g/mol. The highest BCUT2D eigenvalue weighted by molar-refractivity contribution is 6.30. The lowest BCUT2D eigenvalue weighted by Gasteiger charge is -2.32. The quantitative estimate of drug-likeness (QED) is 0.708. The van der Waals surface area contributed by atoms with Crippen molar-refractivity contribution < 1.29 is 23.8 Å². The average Bonchev–Trinajstić information content (AvgIpc) is 3.51. The van der Waals surface area contributed by atoms with Crippen molar-refractivity contribution in [3.63, 3.8) is 0 Å². The number of rotatable bonds is 7. The SMILES string of the molecule is COCC1CCN(c2nc(OC3(C(=O)O)CC3)cc(-c3ccc(Cl)c(F)c3)n2)CC1. The van der Waals surface area contributed by atoms with E-state index in [1.807, 2.05) is 4.90 Å². The van der Waals surface area contributed by atoms with E-state index in [1.165, 1.54) is 12.1 Å². The van der Waals surface area contributed by atoms with Gasteiger partial charge in [0.25, 0.3) is 0 Å². The molecule has 0 bridgehead atoms. The Labute approximate surface area is 178 Å². The van der Waals surface area contributed by atoms with Gasteiger partial charge in [-0.15, -0.1) is 0 Å². The predicted molar refractivity (Wildman–Crippen MR) is 109 cm³/mol. The summed E-state index contributed by atoms with van der Waals surface area (Å²) in [4.78, 5) is 22.7. The van der Waals surface area contributed by atoms with Crippen molar-refractivity contribution >= 4 is 23.5 Å². The minimum Gasteiger partial charge on any atom is -0.478 e. The van der Waals surface area contributed by atoms with Gasteiger partial charge < -0.3 is 19.5 Å². The highest BCUT2D eigenvalue weighted by atomic mass is 35.5. The van der Waals surface area contributed by atoms with Crippen LogP contribution in [0.15, 0.2) is 24.3 Å². The second kappa shape index (κ2) is 8.35. The second-order valence-electron chi connectivity index (χ2n) is 7.81. The van der Waals surface area contributed by atoms with Crippen molar-refractivity contribution in [3.05, 3.63) is 35.1 Å². The third-order valence-corrected chi connectivity index (χ3v) is 5.91. The molecular formula is C21H23ClFN3O4. The molecule has 0 spiro atoms. The standard InChI is InChI=1S/C21H23ClFN3O4/c1-29-12-13-4-8-26(9-5-13)20-24-17(14-2-3-15(22)16(23)10-14)11-18(25-20)30-21(6-7-21)19(27)28/h2-3,10-11,13H,4-9,12H2,1H3,(H,27,28). The zero-order chi connectivity index (χ0) is 21.3. The van der Waals surface area contributed by atoms with E-state index in [0.717, 1.165) is 25.9 Å². The molecule has 2 aliphatic rings. The van der Waals surface area contributed by atoms with Gasteiger partial charge in [-0.1, -0.05) is 17.7 Å². The number of carboxylic acid groups (broad SMARTS) is 1. The Bertz CT molecular complexity index is 946. The zero-order valence-electron chi connectivity index (χ0n) is 16.6. The number of hydrogen-bond donors (Lipinski definition) is 1. The highest BCUT2D eigenvalue weighted by Crippen LogP contribution is 2.41. The molecule has 4 rings (SSSR count). The van der Waals surface area contributed by atoms with Crippen molar-refractivity contribution in [1.29, 1.82) is 0 Å². The molecule has 0 radical (unpaired) electrons. The Morgan fingerprint density at radius 3 is 2.63 bits per heavy atom. The van der Waals surface area contributed by atoms with Crippen LogP contribution in [0.1, 0.15) is 25.7 Å². The number of aromatic nitrogens is 2. The van der Waals surface area contributed by atoms with Crippen molar-refractivity contribution in [2.24, 2.45) is 5.92 Å². The molecule has 0 unspecified atom stereocenters. The van der Waals surface area contributed by atoms with Crippen LogP contribution in [-0.4, -0.2) is 53.5 Å². The van der Waals surface area contributed by atoms with Gasteiger partial charge in [-0.25, -0.2) is 14.2 Å². The van der Waals surface area contributed by atoms with Gasteiger partial charge in [0.1, 0.15) is 5.82 Å². The van der Waals surface area contributed by atoms with Crippen molar-refractivity contribution in [3.8, 4) is 17.1 Å². The van der Waals surface area contributed by atoms with E-state index in [4.69, 9.17) is 21.1 Å². The summed E-state index contributed by atoms with van der Waals surface area (Å²) in [6.07, 6.45) is 2.72. The molecule has 9 heteroatoms. The third-order valence-electron chi connectivity index (χ3n) is 5.60. The lowest BCUT2D eigenvalue weighted by Crippen LogP contribution is -2.36. The fraction of sp³-hybridized carbons (Fsp3) is 0.476. The van der Waals surface area contributed by atoms with Gasteiger partial charge in [-0.3, -0.25) is 0 Å². The van der Waals surface area contributed by atoms with Crippen molar-refractivity contribution in [2.75, 3.05) is 31.7 Å². The van der Waals surface area contributed by atoms with Crippen LogP contribution < -0.4 is 9.64 Å². The first-order valence-electron chi connectivity index (χ1n) is 9.91. The molecule has 2 fully saturated rings. The molecule has 160 valence electrons. The maximum absolute atomic E-state index is 14.0. The molecule has 1 aliphatic carbocycles. The molecule has 0 amide bonds. The first-order chi connectivity index (χ1) is 14.4. The summed E-state index contributed by atoms with van der Waals surface area (Å²) in [6.45, 7) is 2.21. The van der Waals surface area contributed by atoms with E-state index >= 15 is 0 Å². The van der Waals surface area contributed by atoms with Gasteiger partial charge in [0.2, 0.25) is 17.4 Å². The smallest absolute Gasteiger partial charge is 0.348 e. The summed E-state index contributed by atoms with van der Waals surface area (Å²) in [5.41, 5.74) is -0.273. The largest absolute Gasteiger partial charge is 0.478 e. The van der Waals surface area contributed by atoms with Crippen molar-refractivity contribution in [1.82, 2.24) is 9.97 Å². The Morgan fingerprint density at radius 2 is 2.03 bits per heavy atom. The molecule has 0 atom stereocenters. The number of benzene rings is 1. The summed E-state index contributed by atoms with van der Waals surface area (Å²) in [5, 5.41) is 9.48. The van der Waals surface area contributed by atoms with E-state index in [9.17, 15) is 14.3 Å². The predicted octanol–water partition coefficient (Wildman–Crippen LogP) is 3.79. The van der Waals surface area contributed by atoms with Gasteiger partial charge >= 0.3 is 5.97 Å². The fourth-order valence-corrected chi connectivity index (χ4v) is 3.74. The number of aliphatic carboxylic acids is 1. The summed E-state index contributed by atoms with van der Waals surface area (Å²) >= 11 is 5.81. The molecule has 1 aromatic heterocycles. The Kier molecular flexibility index (Phi) is 5.79. The monoisotopic (exact) mass is 435 g/mol. The van der Waals surface area contributed by atoms with Crippen LogP contribution >= 0.6 is 11.6 Å². The number of nitrogens with zero attached hydrogens (tertiary/aromatic N) is 3. The van der Waals surface area contributed by atoms with E-state index in [1.54, 1.807) is 19.2 Å². The van der Waals surface area contributed by atoms with Gasteiger partial charge in [0, 0.05) is 51.3 Å². The molecule has 1 aromatic carbocycles. The van der Waals surface area contributed by atoms with Crippen molar-refractivity contribution in [2.45, 2.75) is 31.3 Å². The van der Waals surface area contributed by atoms with E-state index in [2.05, 4.69) is 9.97 Å². The van der Waals surface area contributed by atoms with Crippen LogP contribution in [0.25, 0.3) is 11.3 Å². The fourth-order valence-electron chi connectivity index (χ4n) is 3.62. The summed E-state index contributed by atoms with van der Waals surface area (Å²) in [5.74, 6) is -0.472. The Balaban J connectivity index is 1.66. The van der Waals surface area contributed by atoms with Crippen LogP contribution in [0, 0.1) is 11.7 Å². The van der Waals surface area contributed by atoms with Crippen LogP contribution in [0.5, 0.6) is 5.88 Å². The first-order valence-corrected chi connectivity index (χ1v) is 10.3. The van der Waals surface area contributed by atoms with Gasteiger partial charge in [0.05, 0.1) is 10.7 Å². The van der Waals surface area contributed by atoms with Crippen LogP contribution in [0.4, 0.5) is 10.3 Å². The molecule has 1 saturated carbocycles. The molecule has 1 aliphatic heterocycles. The number of methoxy groups -OCH3 is 1.